The highest BCUT2D eigenvalue weighted by Gasteiger charge is 2.26. The molecule has 7 heteroatoms. The number of amides is 2. The van der Waals surface area contributed by atoms with Gasteiger partial charge in [-0.2, -0.15) is 0 Å². The van der Waals surface area contributed by atoms with Crippen molar-refractivity contribution in [1.29, 1.82) is 0 Å². The number of nitrogens with zero attached hydrogens (tertiary/aromatic N) is 1. The van der Waals surface area contributed by atoms with E-state index in [0.29, 0.717) is 44.2 Å². The van der Waals surface area contributed by atoms with Crippen LogP contribution in [0.1, 0.15) is 37.8 Å². The number of benzene rings is 2. The van der Waals surface area contributed by atoms with Gasteiger partial charge in [0.2, 0.25) is 11.8 Å². The molecule has 0 fully saturated rings. The summed E-state index contributed by atoms with van der Waals surface area (Å²) in [5.74, 6) is 1.92. The second kappa shape index (κ2) is 11.4. The van der Waals surface area contributed by atoms with Crippen molar-refractivity contribution >= 4 is 11.8 Å². The van der Waals surface area contributed by atoms with Crippen LogP contribution in [-0.4, -0.2) is 49.6 Å². The second-order valence-electron chi connectivity index (χ2n) is 7.82. The lowest BCUT2D eigenvalue weighted by atomic mass is 10.1. The number of carbonyl (C=O) groups is 2. The van der Waals surface area contributed by atoms with E-state index < -0.39 is 6.04 Å². The summed E-state index contributed by atoms with van der Waals surface area (Å²) in [5.41, 5.74) is 1.90. The molecular weight excluding hydrogens is 408 g/mol. The van der Waals surface area contributed by atoms with Gasteiger partial charge in [0.1, 0.15) is 25.0 Å². The third-order valence-corrected chi connectivity index (χ3v) is 5.44. The summed E-state index contributed by atoms with van der Waals surface area (Å²) in [6.07, 6.45) is 1.68. The molecule has 0 saturated carbocycles. The predicted octanol–water partition coefficient (Wildman–Crippen LogP) is 3.34. The largest absolute Gasteiger partial charge is 0.497 e. The zero-order valence-corrected chi connectivity index (χ0v) is 19.1. The molecule has 7 nitrogen and oxygen atoms in total. The fourth-order valence-corrected chi connectivity index (χ4v) is 3.58. The Morgan fingerprint density at radius 1 is 1.09 bits per heavy atom. The van der Waals surface area contributed by atoms with Gasteiger partial charge in [-0.25, -0.2) is 0 Å². The van der Waals surface area contributed by atoms with Crippen molar-refractivity contribution in [3.63, 3.8) is 0 Å². The van der Waals surface area contributed by atoms with E-state index in [1.54, 1.807) is 18.9 Å². The number of hydrogen-bond donors (Lipinski definition) is 1. The van der Waals surface area contributed by atoms with E-state index in [0.717, 1.165) is 23.3 Å². The molecule has 0 unspecified atom stereocenters. The van der Waals surface area contributed by atoms with E-state index in [-0.39, 0.29) is 18.2 Å². The summed E-state index contributed by atoms with van der Waals surface area (Å²) in [6, 6.07) is 12.7. The molecule has 1 atom stereocenters. The van der Waals surface area contributed by atoms with E-state index >= 15 is 0 Å². The van der Waals surface area contributed by atoms with Crippen LogP contribution >= 0.6 is 0 Å². The molecule has 2 amide bonds. The Hall–Kier alpha value is -3.22. The van der Waals surface area contributed by atoms with Crippen molar-refractivity contribution in [2.24, 2.45) is 0 Å². The minimum absolute atomic E-state index is 0.0816. The Balaban J connectivity index is 1.72. The first kappa shape index (κ1) is 23.4. The Kier molecular flexibility index (Phi) is 8.36. The zero-order valence-electron chi connectivity index (χ0n) is 19.1. The molecule has 0 saturated heterocycles. The molecule has 1 aliphatic rings. The average Bonchev–Trinajstić information content (AvgIpc) is 2.83. The van der Waals surface area contributed by atoms with Crippen molar-refractivity contribution in [2.45, 2.75) is 45.7 Å². The standard InChI is InChI=1S/C25H32N2O5/c1-4-12-26-25(29)18(2)27(17-20-6-5-7-21(15-20)30-3)24(28)11-9-19-8-10-22-23(16-19)32-14-13-31-22/h5-8,10,15-16,18H,4,9,11-14,17H2,1-3H3,(H,26,29)/t18-/m0/s1. The summed E-state index contributed by atoms with van der Waals surface area (Å²) < 4.78 is 16.5. The van der Waals surface area contributed by atoms with Crippen molar-refractivity contribution < 1.29 is 23.8 Å². The molecule has 0 aromatic heterocycles. The van der Waals surface area contributed by atoms with Crippen LogP contribution in [0.2, 0.25) is 0 Å². The number of fused-ring (bicyclic) bond motifs is 1. The highest BCUT2D eigenvalue weighted by molar-refractivity contribution is 5.87. The first-order chi connectivity index (χ1) is 15.5. The summed E-state index contributed by atoms with van der Waals surface area (Å²) in [6.45, 7) is 5.75. The maximum Gasteiger partial charge on any atom is 0.242 e. The predicted molar refractivity (Wildman–Crippen MR) is 122 cm³/mol. The Morgan fingerprint density at radius 2 is 1.88 bits per heavy atom. The van der Waals surface area contributed by atoms with Gasteiger partial charge in [-0.15, -0.1) is 0 Å². The Labute approximate surface area is 189 Å². The highest BCUT2D eigenvalue weighted by Crippen LogP contribution is 2.31. The molecule has 2 aromatic rings. The minimum Gasteiger partial charge on any atom is -0.497 e. The van der Waals surface area contributed by atoms with Crippen LogP contribution in [0.5, 0.6) is 17.2 Å². The maximum absolute atomic E-state index is 13.2. The van der Waals surface area contributed by atoms with Crippen LogP contribution in [0.15, 0.2) is 42.5 Å². The molecule has 32 heavy (non-hydrogen) atoms. The molecule has 1 heterocycles. The minimum atomic E-state index is -0.583. The van der Waals surface area contributed by atoms with E-state index in [1.807, 2.05) is 49.4 Å². The second-order valence-corrected chi connectivity index (χ2v) is 7.82. The van der Waals surface area contributed by atoms with Crippen LogP contribution in [0.3, 0.4) is 0 Å². The molecule has 2 aromatic carbocycles. The van der Waals surface area contributed by atoms with E-state index in [2.05, 4.69) is 5.32 Å². The van der Waals surface area contributed by atoms with Crippen LogP contribution in [0.4, 0.5) is 0 Å². The van der Waals surface area contributed by atoms with Gasteiger partial charge in [0.15, 0.2) is 11.5 Å². The molecule has 3 rings (SSSR count). The first-order valence-corrected chi connectivity index (χ1v) is 11.1. The third-order valence-electron chi connectivity index (χ3n) is 5.44. The zero-order chi connectivity index (χ0) is 22.9. The fourth-order valence-electron chi connectivity index (χ4n) is 3.58. The SMILES string of the molecule is CCCNC(=O)[C@H](C)N(Cc1cccc(OC)c1)C(=O)CCc1ccc2c(c1)OCCO2. The quantitative estimate of drug-likeness (QED) is 0.613. The molecule has 0 aliphatic carbocycles. The lowest BCUT2D eigenvalue weighted by molar-refractivity contribution is -0.140. The summed E-state index contributed by atoms with van der Waals surface area (Å²) in [5, 5.41) is 2.90. The number of carbonyl (C=O) groups excluding carboxylic acids is 2. The molecule has 0 spiro atoms. The molecule has 1 aliphatic heterocycles. The van der Waals surface area contributed by atoms with E-state index in [9.17, 15) is 9.59 Å². The number of ether oxygens (including phenoxy) is 3. The van der Waals surface area contributed by atoms with Crippen molar-refractivity contribution in [3.05, 3.63) is 53.6 Å². The first-order valence-electron chi connectivity index (χ1n) is 11.1. The summed E-state index contributed by atoms with van der Waals surface area (Å²) >= 11 is 0. The van der Waals surface area contributed by atoms with Crippen molar-refractivity contribution in [2.75, 3.05) is 26.9 Å². The average molecular weight is 441 g/mol. The van der Waals surface area contributed by atoms with Gasteiger partial charge in [0.05, 0.1) is 7.11 Å². The van der Waals surface area contributed by atoms with Gasteiger partial charge in [0.25, 0.3) is 0 Å². The van der Waals surface area contributed by atoms with E-state index in [4.69, 9.17) is 14.2 Å². The van der Waals surface area contributed by atoms with Gasteiger partial charge in [-0.05, 0) is 55.2 Å². The van der Waals surface area contributed by atoms with Gasteiger partial charge in [0, 0.05) is 19.5 Å². The van der Waals surface area contributed by atoms with Crippen molar-refractivity contribution in [3.8, 4) is 17.2 Å². The maximum atomic E-state index is 13.2. The molecular formula is C25H32N2O5. The number of rotatable bonds is 10. The molecule has 172 valence electrons. The van der Waals surface area contributed by atoms with Gasteiger partial charge in [-0.3, -0.25) is 9.59 Å². The molecule has 0 radical (unpaired) electrons. The Morgan fingerprint density at radius 3 is 2.62 bits per heavy atom. The monoisotopic (exact) mass is 440 g/mol. The van der Waals surface area contributed by atoms with Gasteiger partial charge < -0.3 is 24.4 Å². The fraction of sp³-hybridized carbons (Fsp3) is 0.440. The topological polar surface area (TPSA) is 77.1 Å². The highest BCUT2D eigenvalue weighted by atomic mass is 16.6. The molecule has 1 N–H and O–H groups in total. The van der Waals surface area contributed by atoms with Crippen LogP contribution in [0.25, 0.3) is 0 Å². The number of methoxy groups -OCH3 is 1. The van der Waals surface area contributed by atoms with Crippen LogP contribution in [0, 0.1) is 0 Å². The summed E-state index contributed by atoms with van der Waals surface area (Å²) in [7, 11) is 1.61. The normalized spacial score (nSPS) is 13.2. The number of nitrogens with one attached hydrogen (secondary N) is 1. The van der Waals surface area contributed by atoms with E-state index in [1.165, 1.54) is 0 Å². The number of aryl methyl sites for hydroxylation is 1. The van der Waals surface area contributed by atoms with Crippen LogP contribution in [-0.2, 0) is 22.6 Å². The smallest absolute Gasteiger partial charge is 0.242 e. The third kappa shape index (κ3) is 6.15. The lowest BCUT2D eigenvalue weighted by Gasteiger charge is -2.29. The lowest BCUT2D eigenvalue weighted by Crippen LogP contribution is -2.47. The Bertz CT molecular complexity index is 930. The van der Waals surface area contributed by atoms with Gasteiger partial charge in [-0.1, -0.05) is 25.1 Å². The molecule has 0 bridgehead atoms. The van der Waals surface area contributed by atoms with Crippen molar-refractivity contribution in [1.82, 2.24) is 10.2 Å². The summed E-state index contributed by atoms with van der Waals surface area (Å²) in [4.78, 5) is 27.5. The number of hydrogen-bond acceptors (Lipinski definition) is 5. The van der Waals surface area contributed by atoms with Gasteiger partial charge >= 0.3 is 0 Å². The van der Waals surface area contributed by atoms with Crippen LogP contribution < -0.4 is 19.5 Å².